The van der Waals surface area contributed by atoms with Gasteiger partial charge in [0, 0.05) is 11.9 Å². The smallest absolute Gasteiger partial charge is 0.251 e. The van der Waals surface area contributed by atoms with Crippen LogP contribution in [0.15, 0.2) is 22.8 Å². The molecule has 0 spiro atoms. The van der Waals surface area contributed by atoms with Crippen LogP contribution < -0.4 is 5.84 Å². The van der Waals surface area contributed by atoms with Gasteiger partial charge in [0.05, 0.1) is 15.0 Å². The molecule has 1 saturated heterocycles. The van der Waals surface area contributed by atoms with Gasteiger partial charge in [-0.3, -0.25) is 4.98 Å². The fourth-order valence-electron chi connectivity index (χ4n) is 2.07. The fourth-order valence-corrected chi connectivity index (χ4v) is 4.29. The van der Waals surface area contributed by atoms with Crippen LogP contribution in [0.1, 0.15) is 29.3 Å². The first kappa shape index (κ1) is 13.3. The molecule has 2 N–H and O–H groups in total. The molecule has 18 heavy (non-hydrogen) atoms. The Hall–Kier alpha value is -1.15. The second-order valence-corrected chi connectivity index (χ2v) is 6.67. The quantitative estimate of drug-likeness (QED) is 0.633. The van der Waals surface area contributed by atoms with Crippen molar-refractivity contribution >= 4 is 9.73 Å². The van der Waals surface area contributed by atoms with E-state index in [9.17, 15) is 17.4 Å². The molecule has 100 valence electrons. The number of nitrogens with two attached hydrogens (primary N) is 1. The minimum atomic E-state index is -4.46. The zero-order chi connectivity index (χ0) is 13.4. The highest BCUT2D eigenvalue weighted by molar-refractivity contribution is 7.94. The summed E-state index contributed by atoms with van der Waals surface area (Å²) in [6.07, 6.45) is -2.05. The lowest BCUT2D eigenvalue weighted by molar-refractivity contribution is -0.141. The standard InChI is InChI=1S/C10H12F3N3OS/c11-10(12,13)9-4-3-7(6-15-9)8-2-1-5-18(8,17)16-14/h3-4,6,8H,1-2,5,14H2. The highest BCUT2D eigenvalue weighted by atomic mass is 32.2. The van der Waals surface area contributed by atoms with E-state index in [1.807, 2.05) is 0 Å². The van der Waals surface area contributed by atoms with E-state index < -0.39 is 26.8 Å². The van der Waals surface area contributed by atoms with Crippen molar-refractivity contribution in [3.8, 4) is 0 Å². The largest absolute Gasteiger partial charge is 0.433 e. The molecule has 2 unspecified atom stereocenters. The van der Waals surface area contributed by atoms with Crippen molar-refractivity contribution in [2.75, 3.05) is 5.75 Å². The van der Waals surface area contributed by atoms with Crippen LogP contribution >= 0.6 is 0 Å². The molecule has 0 aliphatic carbocycles. The number of pyridine rings is 1. The van der Waals surface area contributed by atoms with Crippen molar-refractivity contribution in [1.29, 1.82) is 0 Å². The molecule has 0 amide bonds. The third kappa shape index (κ3) is 2.35. The highest BCUT2D eigenvalue weighted by Crippen LogP contribution is 2.36. The van der Waals surface area contributed by atoms with Crippen molar-refractivity contribution in [2.24, 2.45) is 10.3 Å². The molecule has 2 heterocycles. The van der Waals surface area contributed by atoms with Gasteiger partial charge in [-0.05, 0) is 24.5 Å². The molecule has 8 heteroatoms. The summed E-state index contributed by atoms with van der Waals surface area (Å²) in [5, 5.41) is -0.419. The number of nitrogens with zero attached hydrogens (tertiary/aromatic N) is 2. The summed E-state index contributed by atoms with van der Waals surface area (Å²) < 4.78 is 52.7. The van der Waals surface area contributed by atoms with E-state index in [0.717, 1.165) is 12.3 Å². The number of aromatic nitrogens is 1. The Morgan fingerprint density at radius 2 is 2.17 bits per heavy atom. The van der Waals surface area contributed by atoms with Crippen molar-refractivity contribution in [3.05, 3.63) is 29.6 Å². The monoisotopic (exact) mass is 279 g/mol. The average Bonchev–Trinajstić information content (AvgIpc) is 2.71. The van der Waals surface area contributed by atoms with Gasteiger partial charge in [-0.1, -0.05) is 6.07 Å². The minimum Gasteiger partial charge on any atom is -0.251 e. The van der Waals surface area contributed by atoms with Gasteiger partial charge in [-0.15, -0.1) is 0 Å². The summed E-state index contributed by atoms with van der Waals surface area (Å²) in [5.41, 5.74) is -0.458. The van der Waals surface area contributed by atoms with Gasteiger partial charge >= 0.3 is 6.18 Å². The molecule has 0 aromatic carbocycles. The average molecular weight is 279 g/mol. The van der Waals surface area contributed by atoms with Crippen LogP contribution in [-0.4, -0.2) is 14.9 Å². The number of rotatable bonds is 1. The minimum absolute atomic E-state index is 0.384. The van der Waals surface area contributed by atoms with Crippen molar-refractivity contribution in [2.45, 2.75) is 24.3 Å². The van der Waals surface area contributed by atoms with Gasteiger partial charge in [0.1, 0.15) is 5.69 Å². The van der Waals surface area contributed by atoms with Crippen LogP contribution in [0.25, 0.3) is 0 Å². The third-order valence-electron chi connectivity index (χ3n) is 2.97. The van der Waals surface area contributed by atoms with Gasteiger partial charge in [0.25, 0.3) is 0 Å². The van der Waals surface area contributed by atoms with Gasteiger partial charge in [-0.2, -0.15) is 17.6 Å². The lowest BCUT2D eigenvalue weighted by Crippen LogP contribution is -2.12. The molecule has 1 aliphatic rings. The Bertz CT molecular complexity index is 546. The molecular weight excluding hydrogens is 267 g/mol. The lowest BCUT2D eigenvalue weighted by Gasteiger charge is -2.13. The Labute approximate surface area is 103 Å². The van der Waals surface area contributed by atoms with Gasteiger partial charge < -0.3 is 0 Å². The number of hydrogen-bond acceptors (Lipinski definition) is 3. The fraction of sp³-hybridized carbons (Fsp3) is 0.500. The van der Waals surface area contributed by atoms with Crippen molar-refractivity contribution < 1.29 is 17.4 Å². The molecule has 2 rings (SSSR count). The van der Waals surface area contributed by atoms with E-state index in [-0.39, 0.29) is 0 Å². The topological polar surface area (TPSA) is 68.3 Å². The second-order valence-electron chi connectivity index (χ2n) is 4.10. The predicted octanol–water partition coefficient (Wildman–Crippen LogP) is 2.28. The molecule has 0 bridgehead atoms. The third-order valence-corrected chi connectivity index (χ3v) is 5.60. The summed E-state index contributed by atoms with van der Waals surface area (Å²) in [5.74, 6) is 5.53. The van der Waals surface area contributed by atoms with Gasteiger partial charge in [0.15, 0.2) is 0 Å². The predicted molar refractivity (Wildman–Crippen MR) is 60.8 cm³/mol. The maximum atomic E-state index is 12.4. The lowest BCUT2D eigenvalue weighted by atomic mass is 10.1. The van der Waals surface area contributed by atoms with Crippen LogP contribution in [0.3, 0.4) is 0 Å². The summed E-state index contributed by atoms with van der Waals surface area (Å²) >= 11 is 0. The molecule has 2 atom stereocenters. The van der Waals surface area contributed by atoms with Crippen LogP contribution in [0.4, 0.5) is 13.2 Å². The molecule has 1 aliphatic heterocycles. The zero-order valence-electron chi connectivity index (χ0n) is 9.35. The first-order valence-corrected chi connectivity index (χ1v) is 7.07. The van der Waals surface area contributed by atoms with E-state index >= 15 is 0 Å². The van der Waals surface area contributed by atoms with Crippen LogP contribution in [0.2, 0.25) is 0 Å². The van der Waals surface area contributed by atoms with Crippen LogP contribution in [0, 0.1) is 0 Å². The maximum Gasteiger partial charge on any atom is 0.433 e. The van der Waals surface area contributed by atoms with Gasteiger partial charge in [-0.25, -0.2) is 10.1 Å². The zero-order valence-corrected chi connectivity index (χ0v) is 10.2. The summed E-state index contributed by atoms with van der Waals surface area (Å²) in [4.78, 5) is 3.36. The Balaban J connectivity index is 2.34. The second kappa shape index (κ2) is 4.51. The first-order chi connectivity index (χ1) is 8.37. The van der Waals surface area contributed by atoms with E-state index in [2.05, 4.69) is 9.46 Å². The number of halogens is 3. The molecule has 1 fully saturated rings. The summed E-state index contributed by atoms with van der Waals surface area (Å²) in [7, 11) is -2.55. The van der Waals surface area contributed by atoms with Crippen molar-refractivity contribution in [1.82, 2.24) is 4.98 Å². The normalized spacial score (nSPS) is 28.3. The molecule has 0 radical (unpaired) electrons. The summed E-state index contributed by atoms with van der Waals surface area (Å²) in [6, 6.07) is 2.20. The molecular formula is C10H12F3N3OS. The van der Waals surface area contributed by atoms with Crippen LogP contribution in [0.5, 0.6) is 0 Å². The van der Waals surface area contributed by atoms with Gasteiger partial charge in [0.2, 0.25) is 0 Å². The maximum absolute atomic E-state index is 12.4. The highest BCUT2D eigenvalue weighted by Gasteiger charge is 2.34. The number of hydrogen-bond donors (Lipinski definition) is 1. The SMILES string of the molecule is NN=S1(=O)CCCC1c1ccc(C(F)(F)F)nc1. The van der Waals surface area contributed by atoms with Crippen LogP contribution in [-0.2, 0) is 15.9 Å². The van der Waals surface area contributed by atoms with E-state index in [4.69, 9.17) is 5.84 Å². The molecule has 4 nitrogen and oxygen atoms in total. The Morgan fingerprint density at radius 1 is 1.44 bits per heavy atom. The van der Waals surface area contributed by atoms with E-state index in [1.165, 1.54) is 6.07 Å². The molecule has 1 aromatic rings. The van der Waals surface area contributed by atoms with Crippen molar-refractivity contribution in [3.63, 3.8) is 0 Å². The first-order valence-electron chi connectivity index (χ1n) is 5.33. The van der Waals surface area contributed by atoms with E-state index in [1.54, 1.807) is 0 Å². The Morgan fingerprint density at radius 3 is 2.67 bits per heavy atom. The van der Waals surface area contributed by atoms with E-state index in [0.29, 0.717) is 24.2 Å². The summed E-state index contributed by atoms with van der Waals surface area (Å²) in [6.45, 7) is 0. The molecule has 0 saturated carbocycles. The number of alkyl halides is 3. The Kier molecular flexibility index (Phi) is 3.33. The molecule has 1 aromatic heterocycles.